The van der Waals surface area contributed by atoms with Gasteiger partial charge in [0.15, 0.2) is 17.2 Å². The summed E-state index contributed by atoms with van der Waals surface area (Å²) in [5, 5.41) is 7.96. The highest BCUT2D eigenvalue weighted by Crippen LogP contribution is 2.29. The van der Waals surface area contributed by atoms with Crippen molar-refractivity contribution in [1.29, 1.82) is 0 Å². The van der Waals surface area contributed by atoms with E-state index in [1.54, 1.807) is 0 Å². The summed E-state index contributed by atoms with van der Waals surface area (Å²) in [6, 6.07) is 7.44. The van der Waals surface area contributed by atoms with Gasteiger partial charge in [-0.15, -0.1) is 0 Å². The molecule has 1 aliphatic carbocycles. The fourth-order valence-corrected chi connectivity index (χ4v) is 3.68. The van der Waals surface area contributed by atoms with Gasteiger partial charge in [0.05, 0.1) is 17.3 Å². The Morgan fingerprint density at radius 1 is 1.09 bits per heavy atom. The van der Waals surface area contributed by atoms with Crippen molar-refractivity contribution in [1.82, 2.24) is 10.6 Å². The molecule has 2 aromatic rings. The fraction of sp³-hybridized carbons (Fsp3) is 0.238. The Kier molecular flexibility index (Phi) is 5.66. The van der Waals surface area contributed by atoms with Gasteiger partial charge >= 0.3 is 0 Å². The molecular formula is C21H18ClF2N5O3. The molecule has 3 amide bonds. The summed E-state index contributed by atoms with van der Waals surface area (Å²) >= 11 is 5.83. The molecule has 1 aliphatic heterocycles. The largest absolute Gasteiger partial charge is 0.367 e. The number of rotatable bonds is 6. The number of hydrogen-bond acceptors (Lipinski definition) is 5. The Morgan fingerprint density at radius 2 is 1.75 bits per heavy atom. The first-order valence-corrected chi connectivity index (χ1v) is 10.1. The van der Waals surface area contributed by atoms with Crippen LogP contribution in [-0.4, -0.2) is 36.1 Å². The Hall–Kier alpha value is -3.37. The molecule has 166 valence electrons. The summed E-state index contributed by atoms with van der Waals surface area (Å²) in [6.07, 6.45) is 1.73. The van der Waals surface area contributed by atoms with Crippen LogP contribution in [0.1, 0.15) is 28.8 Å². The molecule has 0 saturated heterocycles. The van der Waals surface area contributed by atoms with Crippen molar-refractivity contribution in [3.05, 3.63) is 64.2 Å². The molecule has 2 aliphatic rings. The Labute approximate surface area is 186 Å². The van der Waals surface area contributed by atoms with Gasteiger partial charge < -0.3 is 16.4 Å². The molecule has 32 heavy (non-hydrogen) atoms. The third-order valence-corrected chi connectivity index (χ3v) is 5.58. The number of anilines is 1. The number of primary amides is 1. The van der Waals surface area contributed by atoms with Crippen molar-refractivity contribution in [3.8, 4) is 0 Å². The number of carbonyl (C=O) groups excluding carboxylic acids is 3. The lowest BCUT2D eigenvalue weighted by molar-refractivity contribution is -0.123. The number of benzene rings is 2. The molecule has 1 saturated carbocycles. The van der Waals surface area contributed by atoms with Crippen LogP contribution in [0.25, 0.3) is 0 Å². The van der Waals surface area contributed by atoms with Crippen LogP contribution in [0.5, 0.6) is 0 Å². The second-order valence-corrected chi connectivity index (χ2v) is 7.89. The zero-order valence-corrected chi connectivity index (χ0v) is 17.3. The molecule has 1 atom stereocenters. The van der Waals surface area contributed by atoms with Crippen molar-refractivity contribution in [2.75, 3.05) is 12.0 Å². The van der Waals surface area contributed by atoms with E-state index in [2.05, 4.69) is 20.9 Å². The minimum absolute atomic E-state index is 0.0257. The van der Waals surface area contributed by atoms with Crippen LogP contribution >= 0.6 is 11.6 Å². The number of aliphatic imine (C=N–C) groups is 1. The predicted octanol–water partition coefficient (Wildman–Crippen LogP) is 1.83. The smallest absolute Gasteiger partial charge is 0.268 e. The van der Waals surface area contributed by atoms with Crippen LogP contribution in [0.15, 0.2) is 41.4 Å². The fourth-order valence-electron chi connectivity index (χ4n) is 3.45. The van der Waals surface area contributed by atoms with Crippen LogP contribution in [0.4, 0.5) is 14.5 Å². The van der Waals surface area contributed by atoms with Crippen LogP contribution in [0.3, 0.4) is 0 Å². The molecule has 11 heteroatoms. The van der Waals surface area contributed by atoms with Crippen molar-refractivity contribution in [2.45, 2.75) is 24.4 Å². The van der Waals surface area contributed by atoms with E-state index in [-0.39, 0.29) is 34.7 Å². The first kappa shape index (κ1) is 21.8. The monoisotopic (exact) mass is 461 g/mol. The molecule has 1 unspecified atom stereocenters. The molecular weight excluding hydrogens is 444 g/mol. The molecule has 0 spiro atoms. The van der Waals surface area contributed by atoms with Crippen LogP contribution in [0.2, 0.25) is 5.02 Å². The molecule has 1 heterocycles. The predicted molar refractivity (Wildman–Crippen MR) is 113 cm³/mol. The van der Waals surface area contributed by atoms with E-state index >= 15 is 0 Å². The second kappa shape index (κ2) is 8.29. The number of nitrogens with two attached hydrogens (primary N) is 1. The topological polar surface area (TPSA) is 126 Å². The maximum Gasteiger partial charge on any atom is 0.268 e. The van der Waals surface area contributed by atoms with Gasteiger partial charge in [-0.1, -0.05) is 23.7 Å². The molecule has 1 fully saturated rings. The number of hydrogen-bond donors (Lipinski definition) is 4. The summed E-state index contributed by atoms with van der Waals surface area (Å²) in [7, 11) is 0. The Morgan fingerprint density at radius 3 is 2.38 bits per heavy atom. The van der Waals surface area contributed by atoms with Crippen LogP contribution in [0, 0.1) is 11.6 Å². The van der Waals surface area contributed by atoms with Crippen molar-refractivity contribution in [3.63, 3.8) is 0 Å². The number of nitrogens with one attached hydrogen (secondary N) is 3. The lowest BCUT2D eigenvalue weighted by Gasteiger charge is -2.28. The number of nitrogens with zero attached hydrogens (tertiary/aromatic N) is 1. The minimum atomic E-state index is -1.62. The van der Waals surface area contributed by atoms with Gasteiger partial charge in [0.25, 0.3) is 11.8 Å². The van der Waals surface area contributed by atoms with Crippen molar-refractivity contribution >= 4 is 40.7 Å². The second-order valence-electron chi connectivity index (χ2n) is 7.48. The molecule has 0 bridgehead atoms. The van der Waals surface area contributed by atoms with Gasteiger partial charge in [0.2, 0.25) is 5.91 Å². The lowest BCUT2D eigenvalue weighted by Crippen LogP contribution is -2.58. The molecule has 2 aromatic carbocycles. The van der Waals surface area contributed by atoms with E-state index in [0.717, 1.165) is 12.8 Å². The third-order valence-electron chi connectivity index (χ3n) is 5.26. The van der Waals surface area contributed by atoms with Crippen molar-refractivity contribution < 1.29 is 23.2 Å². The zero-order chi connectivity index (χ0) is 23.0. The molecule has 0 radical (unpaired) electrons. The van der Waals surface area contributed by atoms with Gasteiger partial charge in [-0.05, 0) is 42.7 Å². The molecule has 0 aromatic heterocycles. The highest BCUT2D eigenvalue weighted by molar-refractivity contribution is 6.47. The van der Waals surface area contributed by atoms with Crippen molar-refractivity contribution in [2.24, 2.45) is 10.7 Å². The number of halogens is 3. The first-order valence-electron chi connectivity index (χ1n) is 9.69. The van der Waals surface area contributed by atoms with E-state index in [0.29, 0.717) is 17.7 Å². The van der Waals surface area contributed by atoms with E-state index in [9.17, 15) is 23.2 Å². The van der Waals surface area contributed by atoms with Gasteiger partial charge in [-0.25, -0.2) is 8.78 Å². The average molecular weight is 462 g/mol. The molecule has 8 nitrogen and oxygen atoms in total. The van der Waals surface area contributed by atoms with E-state index in [1.165, 1.54) is 24.3 Å². The van der Waals surface area contributed by atoms with Gasteiger partial charge in [-0.3, -0.25) is 24.7 Å². The standard InChI is InChI=1S/C21H18ClF2N5O3/c22-14-8-16(24)15(23)7-13(14)18(30)28-11-3-1-10(2-4-11)21(20(25)32)17(26-9-27-21)19(31)29-12-5-6-12/h1-4,7-8,12,27H,5-6,9H2,(H2,25,32)(H,28,30)(H,29,31). The van der Waals surface area contributed by atoms with Crippen LogP contribution in [-0.2, 0) is 15.1 Å². The highest BCUT2D eigenvalue weighted by atomic mass is 35.5. The average Bonchev–Trinajstić information content (AvgIpc) is 3.44. The maximum absolute atomic E-state index is 13.5. The Bertz CT molecular complexity index is 1150. The minimum Gasteiger partial charge on any atom is -0.367 e. The SMILES string of the molecule is NC(=O)C1(c2ccc(NC(=O)c3cc(F)c(F)cc3Cl)cc2)NCN=C1C(=O)NC1CC1. The summed E-state index contributed by atoms with van der Waals surface area (Å²) < 4.78 is 26.7. The lowest BCUT2D eigenvalue weighted by atomic mass is 9.84. The Balaban J connectivity index is 1.57. The quantitative estimate of drug-likeness (QED) is 0.490. The highest BCUT2D eigenvalue weighted by Gasteiger charge is 2.50. The normalized spacial score (nSPS) is 19.9. The summed E-state index contributed by atoms with van der Waals surface area (Å²) in [5.41, 5.74) is 4.42. The maximum atomic E-state index is 13.5. The van der Waals surface area contributed by atoms with Gasteiger partial charge in [0, 0.05) is 11.7 Å². The molecule has 4 rings (SSSR count). The van der Waals surface area contributed by atoms with E-state index < -0.39 is 34.9 Å². The zero-order valence-electron chi connectivity index (χ0n) is 16.5. The van der Waals surface area contributed by atoms with Crippen LogP contribution < -0.4 is 21.7 Å². The van der Waals surface area contributed by atoms with Gasteiger partial charge in [-0.2, -0.15) is 0 Å². The first-order chi connectivity index (χ1) is 15.2. The summed E-state index contributed by atoms with van der Waals surface area (Å²) in [6.45, 7) is 0.0312. The van der Waals surface area contributed by atoms with E-state index in [4.69, 9.17) is 17.3 Å². The van der Waals surface area contributed by atoms with E-state index in [1.807, 2.05) is 0 Å². The number of amides is 3. The summed E-state index contributed by atoms with van der Waals surface area (Å²) in [5.74, 6) is -4.40. The molecule has 5 N–H and O–H groups in total. The third kappa shape index (κ3) is 3.94. The number of carbonyl (C=O) groups is 3. The van der Waals surface area contributed by atoms with Gasteiger partial charge in [0.1, 0.15) is 5.71 Å². The summed E-state index contributed by atoms with van der Waals surface area (Å²) in [4.78, 5) is 41.6.